The van der Waals surface area contributed by atoms with Crippen molar-refractivity contribution in [2.24, 2.45) is 0 Å². The van der Waals surface area contributed by atoms with Gasteiger partial charge in [-0.2, -0.15) is 0 Å². The van der Waals surface area contributed by atoms with Gasteiger partial charge < -0.3 is 4.90 Å². The minimum absolute atomic E-state index is 1.05. The molecule has 2 aromatic carbocycles. The highest BCUT2D eigenvalue weighted by molar-refractivity contribution is 5.72. The molecule has 0 saturated carbocycles. The average Bonchev–Trinajstić information content (AvgIpc) is 2.79. The summed E-state index contributed by atoms with van der Waals surface area (Å²) in [6.07, 6.45) is 7.56. The summed E-state index contributed by atoms with van der Waals surface area (Å²) in [4.78, 5) is 7.60. The van der Waals surface area contributed by atoms with Gasteiger partial charge in [0.25, 0.3) is 0 Å². The molecule has 0 aliphatic rings. The second-order valence-electron chi connectivity index (χ2n) is 7.73. The van der Waals surface area contributed by atoms with E-state index in [-0.39, 0.29) is 0 Å². The van der Waals surface area contributed by atoms with E-state index in [0.717, 1.165) is 24.5 Å². The van der Waals surface area contributed by atoms with Crippen molar-refractivity contribution in [3.8, 4) is 22.5 Å². The lowest BCUT2D eigenvalue weighted by Gasteiger charge is -2.26. The zero-order chi connectivity index (χ0) is 20.3. The van der Waals surface area contributed by atoms with Crippen LogP contribution in [0.1, 0.15) is 52.4 Å². The monoisotopic (exact) mass is 386 g/mol. The molecule has 2 nitrogen and oxygen atoms in total. The van der Waals surface area contributed by atoms with Crippen LogP contribution in [0.5, 0.6) is 0 Å². The number of unbranched alkanes of at least 4 members (excludes halogenated alkanes) is 4. The predicted molar refractivity (Wildman–Crippen MR) is 126 cm³/mol. The number of pyridine rings is 1. The summed E-state index contributed by atoms with van der Waals surface area (Å²) in [5.74, 6) is 0. The van der Waals surface area contributed by atoms with Crippen LogP contribution in [-0.2, 0) is 0 Å². The van der Waals surface area contributed by atoms with E-state index < -0.39 is 0 Å². The Labute approximate surface area is 176 Å². The lowest BCUT2D eigenvalue weighted by atomic mass is 10.1. The maximum atomic E-state index is 5.02. The fourth-order valence-corrected chi connectivity index (χ4v) is 3.69. The van der Waals surface area contributed by atoms with Crippen LogP contribution in [0, 0.1) is 0 Å². The van der Waals surface area contributed by atoms with Crippen LogP contribution in [0.4, 0.5) is 5.69 Å². The molecule has 0 radical (unpaired) electrons. The fraction of sp³-hybridized carbons (Fsp3) is 0.370. The first kappa shape index (κ1) is 21.1. The lowest BCUT2D eigenvalue weighted by Crippen LogP contribution is -2.26. The van der Waals surface area contributed by atoms with E-state index in [0.29, 0.717) is 0 Å². The first-order chi connectivity index (χ1) is 14.3. The molecule has 0 bridgehead atoms. The van der Waals surface area contributed by atoms with Gasteiger partial charge in [-0.25, -0.2) is 4.98 Å². The molecule has 0 atom stereocenters. The van der Waals surface area contributed by atoms with Gasteiger partial charge >= 0.3 is 0 Å². The summed E-state index contributed by atoms with van der Waals surface area (Å²) in [6, 6.07) is 25.6. The minimum atomic E-state index is 1.05. The molecule has 1 heterocycles. The molecule has 29 heavy (non-hydrogen) atoms. The Balaban J connectivity index is 1.99. The maximum absolute atomic E-state index is 5.02. The van der Waals surface area contributed by atoms with E-state index in [9.17, 15) is 0 Å². The van der Waals surface area contributed by atoms with Crippen molar-refractivity contribution >= 4 is 5.69 Å². The third-order valence-electron chi connectivity index (χ3n) is 5.38. The first-order valence-corrected chi connectivity index (χ1v) is 11.2. The molecule has 3 rings (SSSR count). The van der Waals surface area contributed by atoms with Crippen LogP contribution in [-0.4, -0.2) is 18.1 Å². The zero-order valence-electron chi connectivity index (χ0n) is 18.0. The number of anilines is 1. The second-order valence-corrected chi connectivity index (χ2v) is 7.73. The van der Waals surface area contributed by atoms with Crippen molar-refractivity contribution in [1.82, 2.24) is 4.98 Å². The van der Waals surface area contributed by atoms with Gasteiger partial charge in [0.2, 0.25) is 0 Å². The minimum Gasteiger partial charge on any atom is -0.371 e. The Hall–Kier alpha value is -2.61. The molecule has 0 aliphatic heterocycles. The number of hydrogen-bond donors (Lipinski definition) is 0. The summed E-state index contributed by atoms with van der Waals surface area (Å²) in [6.45, 7) is 6.78. The number of rotatable bonds is 11. The van der Waals surface area contributed by atoms with Gasteiger partial charge in [0.05, 0.1) is 11.4 Å². The van der Waals surface area contributed by atoms with Gasteiger partial charge in [-0.1, -0.05) is 100 Å². The van der Waals surface area contributed by atoms with E-state index in [1.54, 1.807) is 0 Å². The van der Waals surface area contributed by atoms with E-state index in [1.807, 2.05) is 0 Å². The van der Waals surface area contributed by atoms with Gasteiger partial charge in [0.1, 0.15) is 0 Å². The van der Waals surface area contributed by atoms with E-state index in [2.05, 4.69) is 91.5 Å². The maximum Gasteiger partial charge on any atom is 0.0730 e. The molecule has 0 saturated heterocycles. The van der Waals surface area contributed by atoms with Crippen LogP contribution >= 0.6 is 0 Å². The Kier molecular flexibility index (Phi) is 8.30. The molecule has 0 unspecified atom stereocenters. The summed E-state index contributed by atoms with van der Waals surface area (Å²) in [5.41, 5.74) is 5.75. The SMILES string of the molecule is CCCCCN(CCCCC)c1cc(-c2ccccc2)nc(-c2ccccc2)c1. The molecule has 0 amide bonds. The van der Waals surface area contributed by atoms with E-state index in [1.165, 1.54) is 55.3 Å². The lowest BCUT2D eigenvalue weighted by molar-refractivity contribution is 0.636. The normalized spacial score (nSPS) is 10.8. The van der Waals surface area contributed by atoms with Crippen molar-refractivity contribution in [2.45, 2.75) is 52.4 Å². The molecule has 0 fully saturated rings. The summed E-state index contributed by atoms with van der Waals surface area (Å²) in [7, 11) is 0. The van der Waals surface area contributed by atoms with Gasteiger partial charge in [0.15, 0.2) is 0 Å². The van der Waals surface area contributed by atoms with Crippen molar-refractivity contribution in [3.05, 3.63) is 72.8 Å². The van der Waals surface area contributed by atoms with Crippen LogP contribution < -0.4 is 4.90 Å². The first-order valence-electron chi connectivity index (χ1n) is 11.2. The number of aromatic nitrogens is 1. The van der Waals surface area contributed by atoms with Crippen molar-refractivity contribution in [3.63, 3.8) is 0 Å². The zero-order valence-corrected chi connectivity index (χ0v) is 18.0. The van der Waals surface area contributed by atoms with Crippen molar-refractivity contribution in [2.75, 3.05) is 18.0 Å². The van der Waals surface area contributed by atoms with Gasteiger partial charge in [-0.15, -0.1) is 0 Å². The van der Waals surface area contributed by atoms with Gasteiger partial charge in [0, 0.05) is 29.9 Å². The number of nitrogens with zero attached hydrogens (tertiary/aromatic N) is 2. The fourth-order valence-electron chi connectivity index (χ4n) is 3.69. The summed E-state index contributed by atoms with van der Waals surface area (Å²) in [5, 5.41) is 0. The molecule has 0 N–H and O–H groups in total. The number of hydrogen-bond acceptors (Lipinski definition) is 2. The third kappa shape index (κ3) is 6.19. The molecule has 1 aromatic heterocycles. The Morgan fingerprint density at radius 3 is 1.48 bits per heavy atom. The van der Waals surface area contributed by atoms with Crippen LogP contribution in [0.25, 0.3) is 22.5 Å². The molecule has 0 spiro atoms. The van der Waals surface area contributed by atoms with Gasteiger partial charge in [-0.05, 0) is 25.0 Å². The van der Waals surface area contributed by atoms with Gasteiger partial charge in [-0.3, -0.25) is 0 Å². The van der Waals surface area contributed by atoms with Crippen LogP contribution in [0.3, 0.4) is 0 Å². The molecule has 3 aromatic rings. The van der Waals surface area contributed by atoms with E-state index >= 15 is 0 Å². The Morgan fingerprint density at radius 2 is 1.07 bits per heavy atom. The molecular weight excluding hydrogens is 352 g/mol. The summed E-state index contributed by atoms with van der Waals surface area (Å²) < 4.78 is 0. The number of benzene rings is 2. The quantitative estimate of drug-likeness (QED) is 0.315. The largest absolute Gasteiger partial charge is 0.371 e. The van der Waals surface area contributed by atoms with Crippen molar-refractivity contribution < 1.29 is 0 Å². The second kappa shape index (κ2) is 11.4. The third-order valence-corrected chi connectivity index (χ3v) is 5.38. The topological polar surface area (TPSA) is 16.1 Å². The van der Waals surface area contributed by atoms with Crippen LogP contribution in [0.15, 0.2) is 72.8 Å². The Bertz CT molecular complexity index is 775. The molecule has 152 valence electrons. The highest BCUT2D eigenvalue weighted by atomic mass is 15.1. The van der Waals surface area contributed by atoms with Crippen LogP contribution in [0.2, 0.25) is 0 Å². The summed E-state index contributed by atoms with van der Waals surface area (Å²) >= 11 is 0. The average molecular weight is 387 g/mol. The molecular formula is C27H34N2. The standard InChI is InChI=1S/C27H34N2/c1-3-5-13-19-29(20-14-6-4-2)25-21-26(23-15-9-7-10-16-23)28-27(22-25)24-17-11-8-12-18-24/h7-12,15-18,21-22H,3-6,13-14,19-20H2,1-2H3. The van der Waals surface area contributed by atoms with Crippen molar-refractivity contribution in [1.29, 1.82) is 0 Å². The highest BCUT2D eigenvalue weighted by Gasteiger charge is 2.12. The smallest absolute Gasteiger partial charge is 0.0730 e. The highest BCUT2D eigenvalue weighted by Crippen LogP contribution is 2.29. The molecule has 2 heteroatoms. The Morgan fingerprint density at radius 1 is 0.621 bits per heavy atom. The molecule has 0 aliphatic carbocycles. The predicted octanol–water partition coefficient (Wildman–Crippen LogP) is 7.60. The van der Waals surface area contributed by atoms with E-state index in [4.69, 9.17) is 4.98 Å².